The topological polar surface area (TPSA) is 46.5 Å². The van der Waals surface area contributed by atoms with E-state index in [2.05, 4.69) is 0 Å². The molecule has 5 heteroatoms. The molecule has 3 rings (SSSR count). The normalized spacial score (nSPS) is 10.7. The van der Waals surface area contributed by atoms with Crippen LogP contribution in [0.25, 0.3) is 0 Å². The van der Waals surface area contributed by atoms with Crippen molar-refractivity contribution in [3.63, 3.8) is 0 Å². The van der Waals surface area contributed by atoms with Crippen LogP contribution in [0.2, 0.25) is 0 Å². The number of carboxylic acid groups (broad SMARTS) is 1. The lowest BCUT2D eigenvalue weighted by Crippen LogP contribution is -2.10. The van der Waals surface area contributed by atoms with Crippen molar-refractivity contribution < 1.29 is 23.4 Å². The Kier molecular flexibility index (Phi) is 4.75. The van der Waals surface area contributed by atoms with Gasteiger partial charge in [0.25, 0.3) is 0 Å². The van der Waals surface area contributed by atoms with E-state index in [0.29, 0.717) is 16.9 Å². The van der Waals surface area contributed by atoms with Crippen molar-refractivity contribution >= 4 is 5.97 Å². The fourth-order valence-electron chi connectivity index (χ4n) is 2.44. The highest BCUT2D eigenvalue weighted by Crippen LogP contribution is 2.29. The van der Waals surface area contributed by atoms with Gasteiger partial charge in [0.05, 0.1) is 5.56 Å². The van der Waals surface area contributed by atoms with Crippen molar-refractivity contribution in [2.75, 3.05) is 0 Å². The predicted octanol–water partition coefficient (Wildman–Crippen LogP) is 4.83. The van der Waals surface area contributed by atoms with E-state index < -0.39 is 12.1 Å². The first-order valence-electron chi connectivity index (χ1n) is 7.54. The van der Waals surface area contributed by atoms with Crippen LogP contribution in [0.5, 0.6) is 5.75 Å². The smallest absolute Gasteiger partial charge is 0.335 e. The molecular weight excluding hydrogens is 326 g/mol. The summed E-state index contributed by atoms with van der Waals surface area (Å²) in [5, 5.41) is 9.10. The number of rotatable bonds is 5. The standard InChI is InChI=1S/C20H14F2O3/c21-16-8-4-13(5-9-16)19(14-6-10-17(22)11-7-14)25-18-3-1-2-15(12-18)20(23)24/h1-12,19H,(H,23,24). The van der Waals surface area contributed by atoms with Crippen LogP contribution in [0.3, 0.4) is 0 Å². The highest BCUT2D eigenvalue weighted by atomic mass is 19.1. The lowest BCUT2D eigenvalue weighted by atomic mass is 10.0. The first kappa shape index (κ1) is 16.6. The van der Waals surface area contributed by atoms with E-state index in [-0.39, 0.29) is 17.2 Å². The van der Waals surface area contributed by atoms with Crippen molar-refractivity contribution in [2.45, 2.75) is 6.10 Å². The van der Waals surface area contributed by atoms with Gasteiger partial charge in [-0.05, 0) is 53.6 Å². The maximum Gasteiger partial charge on any atom is 0.335 e. The third-order valence-electron chi connectivity index (χ3n) is 3.68. The van der Waals surface area contributed by atoms with Gasteiger partial charge in [0.2, 0.25) is 0 Å². The summed E-state index contributed by atoms with van der Waals surface area (Å²) < 4.78 is 32.4. The summed E-state index contributed by atoms with van der Waals surface area (Å²) in [6, 6.07) is 17.6. The largest absolute Gasteiger partial charge is 0.481 e. The molecule has 0 aliphatic carbocycles. The van der Waals surface area contributed by atoms with E-state index in [0.717, 1.165) is 0 Å². The molecule has 0 unspecified atom stereocenters. The first-order chi connectivity index (χ1) is 12.0. The molecule has 0 aliphatic rings. The summed E-state index contributed by atoms with van der Waals surface area (Å²) in [5.41, 5.74) is 1.41. The van der Waals surface area contributed by atoms with Gasteiger partial charge in [-0.3, -0.25) is 0 Å². The SMILES string of the molecule is O=C(O)c1cccc(OC(c2ccc(F)cc2)c2ccc(F)cc2)c1. The Hall–Kier alpha value is -3.21. The molecule has 0 atom stereocenters. The van der Waals surface area contributed by atoms with Crippen LogP contribution in [-0.2, 0) is 0 Å². The molecular formula is C20H14F2O3. The number of halogens is 2. The van der Waals surface area contributed by atoms with Gasteiger partial charge in [-0.1, -0.05) is 30.3 Å². The van der Waals surface area contributed by atoms with Crippen LogP contribution >= 0.6 is 0 Å². The van der Waals surface area contributed by atoms with Gasteiger partial charge in [-0.2, -0.15) is 0 Å². The highest BCUT2D eigenvalue weighted by molar-refractivity contribution is 5.88. The number of hydrogen-bond acceptors (Lipinski definition) is 2. The summed E-state index contributed by atoms with van der Waals surface area (Å²) in [4.78, 5) is 11.1. The zero-order valence-electron chi connectivity index (χ0n) is 13.0. The fraction of sp³-hybridized carbons (Fsp3) is 0.0500. The van der Waals surface area contributed by atoms with Gasteiger partial charge in [-0.15, -0.1) is 0 Å². The van der Waals surface area contributed by atoms with E-state index >= 15 is 0 Å². The minimum atomic E-state index is -1.06. The number of benzene rings is 3. The molecule has 0 saturated heterocycles. The third-order valence-corrected chi connectivity index (χ3v) is 3.68. The number of hydrogen-bond donors (Lipinski definition) is 1. The van der Waals surface area contributed by atoms with Gasteiger partial charge < -0.3 is 9.84 Å². The molecule has 0 radical (unpaired) electrons. The second-order valence-corrected chi connectivity index (χ2v) is 5.43. The zero-order chi connectivity index (χ0) is 17.8. The monoisotopic (exact) mass is 340 g/mol. The van der Waals surface area contributed by atoms with Gasteiger partial charge in [0.1, 0.15) is 23.5 Å². The highest BCUT2D eigenvalue weighted by Gasteiger charge is 2.17. The molecule has 0 fully saturated rings. The second kappa shape index (κ2) is 7.13. The van der Waals surface area contributed by atoms with Crippen molar-refractivity contribution in [1.29, 1.82) is 0 Å². The Morgan fingerprint density at radius 3 is 1.84 bits per heavy atom. The van der Waals surface area contributed by atoms with Crippen molar-refractivity contribution in [3.8, 4) is 5.75 Å². The Bertz CT molecular complexity index is 829. The average molecular weight is 340 g/mol. The number of ether oxygens (including phenoxy) is 1. The lowest BCUT2D eigenvalue weighted by molar-refractivity contribution is 0.0696. The minimum absolute atomic E-state index is 0.0921. The third kappa shape index (κ3) is 4.01. The predicted molar refractivity (Wildman–Crippen MR) is 88.7 cm³/mol. The van der Waals surface area contributed by atoms with Crippen LogP contribution in [0, 0.1) is 11.6 Å². The molecule has 3 nitrogen and oxygen atoms in total. The fourth-order valence-corrected chi connectivity index (χ4v) is 2.44. The van der Waals surface area contributed by atoms with E-state index in [4.69, 9.17) is 9.84 Å². The molecule has 0 aromatic heterocycles. The van der Waals surface area contributed by atoms with Crippen LogP contribution in [0.4, 0.5) is 8.78 Å². The van der Waals surface area contributed by atoms with Gasteiger partial charge >= 0.3 is 5.97 Å². The number of aromatic carboxylic acids is 1. The van der Waals surface area contributed by atoms with E-state index in [1.807, 2.05) is 0 Å². The van der Waals surface area contributed by atoms with E-state index in [1.165, 1.54) is 36.4 Å². The van der Waals surface area contributed by atoms with Crippen molar-refractivity contribution in [3.05, 3.63) is 101 Å². The summed E-state index contributed by atoms with van der Waals surface area (Å²) >= 11 is 0. The van der Waals surface area contributed by atoms with Crippen LogP contribution in [-0.4, -0.2) is 11.1 Å². The molecule has 126 valence electrons. The molecule has 3 aromatic rings. The Morgan fingerprint density at radius 1 is 0.840 bits per heavy atom. The van der Waals surface area contributed by atoms with Crippen molar-refractivity contribution in [2.24, 2.45) is 0 Å². The van der Waals surface area contributed by atoms with E-state index in [9.17, 15) is 13.6 Å². The summed E-state index contributed by atoms with van der Waals surface area (Å²) in [6.45, 7) is 0. The summed E-state index contributed by atoms with van der Waals surface area (Å²) in [6.07, 6.45) is -0.634. The van der Waals surface area contributed by atoms with Gasteiger partial charge in [0.15, 0.2) is 0 Å². The van der Waals surface area contributed by atoms with Crippen LogP contribution in [0.15, 0.2) is 72.8 Å². The second-order valence-electron chi connectivity index (χ2n) is 5.43. The molecule has 0 amide bonds. The summed E-state index contributed by atoms with van der Waals surface area (Å²) in [5.74, 6) is -1.48. The molecule has 0 heterocycles. The molecule has 0 bridgehead atoms. The van der Waals surface area contributed by atoms with Gasteiger partial charge in [0, 0.05) is 0 Å². The summed E-state index contributed by atoms with van der Waals surface area (Å²) in [7, 11) is 0. The van der Waals surface area contributed by atoms with Crippen LogP contribution < -0.4 is 4.74 Å². The average Bonchev–Trinajstić information content (AvgIpc) is 2.62. The molecule has 0 saturated carbocycles. The molecule has 3 aromatic carbocycles. The molecule has 0 aliphatic heterocycles. The first-order valence-corrected chi connectivity index (χ1v) is 7.54. The van der Waals surface area contributed by atoms with Crippen molar-refractivity contribution in [1.82, 2.24) is 0 Å². The molecule has 0 spiro atoms. The Labute approximate surface area is 143 Å². The maximum atomic E-state index is 13.2. The Balaban J connectivity index is 1.99. The molecule has 1 N–H and O–H groups in total. The number of carbonyl (C=O) groups is 1. The number of carboxylic acids is 1. The quantitative estimate of drug-likeness (QED) is 0.723. The minimum Gasteiger partial charge on any atom is -0.481 e. The van der Waals surface area contributed by atoms with E-state index in [1.54, 1.807) is 36.4 Å². The maximum absolute atomic E-state index is 13.2. The lowest BCUT2D eigenvalue weighted by Gasteiger charge is -2.20. The Morgan fingerprint density at radius 2 is 1.36 bits per heavy atom. The van der Waals surface area contributed by atoms with Gasteiger partial charge in [-0.25, -0.2) is 13.6 Å². The van der Waals surface area contributed by atoms with Crippen LogP contribution in [0.1, 0.15) is 27.6 Å². The zero-order valence-corrected chi connectivity index (χ0v) is 13.0. The molecule has 25 heavy (non-hydrogen) atoms.